The van der Waals surface area contributed by atoms with Crippen LogP contribution in [0.3, 0.4) is 0 Å². The number of hydrogen-bond donors (Lipinski definition) is 0. The Morgan fingerprint density at radius 3 is 2.76 bits per heavy atom. The van der Waals surface area contributed by atoms with E-state index in [1.807, 2.05) is 32.4 Å². The second kappa shape index (κ2) is 8.57. The quantitative estimate of drug-likeness (QED) is 0.385. The maximum Gasteiger partial charge on any atom is 0.265 e. The van der Waals surface area contributed by atoms with Gasteiger partial charge in [0, 0.05) is 20.0 Å². The molecule has 7 heteroatoms. The molecule has 0 bridgehead atoms. The van der Waals surface area contributed by atoms with Gasteiger partial charge in [-0.3, -0.25) is 0 Å². The third-order valence-corrected chi connectivity index (χ3v) is 6.76. The van der Waals surface area contributed by atoms with Crippen molar-refractivity contribution in [3.63, 3.8) is 0 Å². The summed E-state index contributed by atoms with van der Waals surface area (Å²) in [7, 11) is 0. The van der Waals surface area contributed by atoms with Crippen molar-refractivity contribution in [3.05, 3.63) is 11.4 Å². The summed E-state index contributed by atoms with van der Waals surface area (Å²) in [4.78, 5) is 3.30. The monoisotopic (exact) mass is 337 g/mol. The molecule has 0 amide bonds. The first-order valence-corrected chi connectivity index (χ1v) is 9.76. The van der Waals surface area contributed by atoms with E-state index >= 15 is 0 Å². The molecular weight excluding hydrogens is 307 g/mol. The van der Waals surface area contributed by atoms with Gasteiger partial charge in [0.25, 0.3) is 6.64 Å². The molecule has 4 atom stereocenters. The van der Waals surface area contributed by atoms with E-state index < -0.39 is 25.4 Å². The lowest BCUT2D eigenvalue weighted by atomic mass is 10.2. The van der Waals surface area contributed by atoms with Crippen molar-refractivity contribution in [1.82, 2.24) is 4.67 Å². The van der Waals surface area contributed by atoms with E-state index in [1.165, 1.54) is 0 Å². The average Bonchev–Trinajstić information content (AvgIpc) is 2.77. The Hall–Kier alpha value is -0.0200. The van der Waals surface area contributed by atoms with Crippen LogP contribution in [0.25, 0.3) is 4.85 Å². The van der Waals surface area contributed by atoms with Crippen LogP contribution in [0.5, 0.6) is 0 Å². The van der Waals surface area contributed by atoms with Crippen LogP contribution in [0, 0.1) is 6.57 Å². The summed E-state index contributed by atoms with van der Waals surface area (Å²) >= 11 is 5.78. The van der Waals surface area contributed by atoms with Crippen molar-refractivity contribution < 1.29 is 16.5 Å². The predicted molar refractivity (Wildman–Crippen MR) is 88.7 cm³/mol. The molecule has 0 spiro atoms. The van der Waals surface area contributed by atoms with Gasteiger partial charge in [-0.25, -0.2) is 11.2 Å². The van der Waals surface area contributed by atoms with Crippen LogP contribution in [0.4, 0.5) is 0 Å². The summed E-state index contributed by atoms with van der Waals surface area (Å²) in [6.07, 6.45) is -0.475. The second-order valence-corrected chi connectivity index (χ2v) is 8.72. The molecule has 1 rings (SSSR count). The lowest BCUT2D eigenvalue weighted by Crippen LogP contribution is -2.37. The minimum Gasteiger partial charge on any atom is -0.376 e. The highest BCUT2D eigenvalue weighted by atomic mass is 32.5. The standard InChI is InChI=1S/C14H27N2O3PS/c1-11(2)16(12(3)4)20(21,18-10-8-15-6)19-14-7-9-17-13(14)5/h11-14H,7-10H2,1-5H3/t13-,14?,20?/m1/s1/i5D,9T/t9-,13+,14?,20?/m0. The van der Waals surface area contributed by atoms with Gasteiger partial charge in [0.15, 0.2) is 0 Å². The Morgan fingerprint density at radius 2 is 2.24 bits per heavy atom. The number of ether oxygens (including phenoxy) is 1. The fraction of sp³-hybridized carbons (Fsp3) is 0.929. The summed E-state index contributed by atoms with van der Waals surface area (Å²) in [5.74, 6) is 0. The van der Waals surface area contributed by atoms with Crippen molar-refractivity contribution in [2.75, 3.05) is 19.7 Å². The van der Waals surface area contributed by atoms with Crippen molar-refractivity contribution in [1.29, 1.82) is 0 Å². The van der Waals surface area contributed by atoms with E-state index in [0.29, 0.717) is 6.42 Å². The zero-order valence-corrected chi connectivity index (χ0v) is 14.9. The molecule has 1 heterocycles. The molecule has 0 N–H and O–H groups in total. The van der Waals surface area contributed by atoms with Gasteiger partial charge in [0.05, 0.1) is 13.6 Å². The number of rotatable bonds is 8. The van der Waals surface area contributed by atoms with Gasteiger partial charge in [-0.2, -0.15) is 0 Å². The molecule has 0 aliphatic carbocycles. The maximum atomic E-state index is 7.75. The van der Waals surface area contributed by atoms with E-state index in [9.17, 15) is 0 Å². The van der Waals surface area contributed by atoms with Crippen molar-refractivity contribution in [2.45, 2.75) is 65.3 Å². The Kier molecular flexibility index (Phi) is 6.47. The van der Waals surface area contributed by atoms with Gasteiger partial charge < -0.3 is 18.6 Å². The molecule has 1 saturated heterocycles. The molecule has 1 aliphatic heterocycles. The molecule has 1 aliphatic rings. The highest BCUT2D eigenvalue weighted by Gasteiger charge is 2.38. The Morgan fingerprint density at radius 1 is 1.57 bits per heavy atom. The molecular formula is C14H27N2O3PS. The fourth-order valence-corrected chi connectivity index (χ4v) is 6.31. The molecule has 2 unspecified atom stereocenters. The SMILES string of the molecule is [2H]C[C@H]1O[C@@H]([3H])CC1OP(=S)(OCC[N+]#[C-])N(C(C)C)C(C)C. The van der Waals surface area contributed by atoms with Gasteiger partial charge in [0.1, 0.15) is 6.61 Å². The molecule has 122 valence electrons. The van der Waals surface area contributed by atoms with E-state index in [1.54, 1.807) is 0 Å². The highest BCUT2D eigenvalue weighted by Crippen LogP contribution is 2.56. The molecule has 0 aromatic carbocycles. The molecule has 1 fully saturated rings. The first-order valence-electron chi connectivity index (χ1n) is 8.45. The summed E-state index contributed by atoms with van der Waals surface area (Å²) < 4.78 is 34.8. The smallest absolute Gasteiger partial charge is 0.265 e. The lowest BCUT2D eigenvalue weighted by Gasteiger charge is -2.40. The predicted octanol–water partition coefficient (Wildman–Crippen LogP) is 3.46. The van der Waals surface area contributed by atoms with Crippen LogP contribution in [0.2, 0.25) is 0 Å². The lowest BCUT2D eigenvalue weighted by molar-refractivity contribution is 0.0539. The van der Waals surface area contributed by atoms with E-state index in [0.717, 1.165) is 0 Å². The third-order valence-electron chi connectivity index (χ3n) is 3.08. The Balaban J connectivity index is 2.99. The Bertz CT molecular complexity index is 454. The van der Waals surface area contributed by atoms with Crippen LogP contribution in [-0.2, 0) is 25.6 Å². The Labute approximate surface area is 136 Å². The molecule has 0 radical (unpaired) electrons. The topological polar surface area (TPSA) is 35.3 Å². The summed E-state index contributed by atoms with van der Waals surface area (Å²) in [6.45, 7) is 12.0. The minimum absolute atomic E-state index is 0.0286. The molecule has 5 nitrogen and oxygen atoms in total. The maximum absolute atomic E-state index is 7.75. The fourth-order valence-electron chi connectivity index (χ4n) is 2.31. The van der Waals surface area contributed by atoms with Gasteiger partial charge in [-0.15, -0.1) is 0 Å². The van der Waals surface area contributed by atoms with Crippen LogP contribution in [0.1, 0.15) is 43.8 Å². The number of hydrogen-bond acceptors (Lipinski definition) is 4. The first kappa shape index (κ1) is 15.9. The van der Waals surface area contributed by atoms with Gasteiger partial charge >= 0.3 is 0 Å². The second-order valence-electron chi connectivity index (χ2n) is 5.47. The van der Waals surface area contributed by atoms with Crippen LogP contribution < -0.4 is 0 Å². The normalized spacial score (nSPS) is 30.3. The zero-order chi connectivity index (χ0) is 17.6. The van der Waals surface area contributed by atoms with Gasteiger partial charge in [-0.05, 0) is 52.8 Å². The first-order chi connectivity index (χ1) is 10.7. The van der Waals surface area contributed by atoms with Crippen LogP contribution >= 0.6 is 6.64 Å². The van der Waals surface area contributed by atoms with Crippen molar-refractivity contribution in [2.24, 2.45) is 0 Å². The molecule has 0 aromatic heterocycles. The molecule has 0 aromatic rings. The van der Waals surface area contributed by atoms with E-state index in [-0.39, 0.29) is 32.1 Å². The van der Waals surface area contributed by atoms with Crippen molar-refractivity contribution >= 4 is 18.4 Å². The number of nitrogens with zero attached hydrogens (tertiary/aromatic N) is 2. The van der Waals surface area contributed by atoms with E-state index in [2.05, 4.69) is 4.85 Å². The van der Waals surface area contributed by atoms with Crippen molar-refractivity contribution in [3.8, 4) is 0 Å². The van der Waals surface area contributed by atoms with Crippen LogP contribution in [-0.4, -0.2) is 48.7 Å². The summed E-state index contributed by atoms with van der Waals surface area (Å²) in [6, 6.07) is 0.245. The summed E-state index contributed by atoms with van der Waals surface area (Å²) in [5.41, 5.74) is 0. The van der Waals surface area contributed by atoms with Crippen LogP contribution in [0.15, 0.2) is 0 Å². The minimum atomic E-state index is -2.82. The zero-order valence-electron chi connectivity index (χ0n) is 15.2. The molecule has 21 heavy (non-hydrogen) atoms. The third kappa shape index (κ3) is 5.28. The molecule has 0 saturated carbocycles. The summed E-state index contributed by atoms with van der Waals surface area (Å²) in [5, 5.41) is 0. The van der Waals surface area contributed by atoms with Gasteiger partial charge in [-0.1, -0.05) is 0 Å². The largest absolute Gasteiger partial charge is 0.376 e. The average molecular weight is 337 g/mol. The van der Waals surface area contributed by atoms with Gasteiger partial charge in [0.2, 0.25) is 6.54 Å². The highest BCUT2D eigenvalue weighted by molar-refractivity contribution is 8.08. The van der Waals surface area contributed by atoms with E-state index in [4.69, 9.17) is 34.9 Å².